The second-order valence-electron chi connectivity index (χ2n) is 3.01. The molecule has 3 heteroatoms. The molecular weight excluding hydrogens is 196 g/mol. The van der Waals surface area contributed by atoms with Crippen LogP contribution in [0.5, 0.6) is 0 Å². The van der Waals surface area contributed by atoms with Crippen molar-refractivity contribution in [1.29, 1.82) is 0 Å². The Morgan fingerprint density at radius 1 is 1.29 bits per heavy atom. The number of thioether (sulfide) groups is 1. The smallest absolute Gasteiger partial charge is 0.331 e. The van der Waals surface area contributed by atoms with Gasteiger partial charge in [-0.1, -0.05) is 12.1 Å². The first kappa shape index (κ1) is 9.34. The van der Waals surface area contributed by atoms with E-state index in [1.165, 1.54) is 4.90 Å². The third-order valence-electron chi connectivity index (χ3n) is 2.12. The predicted molar refractivity (Wildman–Crippen MR) is 57.2 cm³/mol. The highest BCUT2D eigenvalue weighted by Crippen LogP contribution is 2.22. The van der Waals surface area contributed by atoms with E-state index in [2.05, 4.69) is 0 Å². The highest BCUT2D eigenvalue weighted by atomic mass is 32.2. The Kier molecular flexibility index (Phi) is 2.59. The zero-order valence-corrected chi connectivity index (χ0v) is 8.64. The quantitative estimate of drug-likeness (QED) is 0.549. The minimum atomic E-state index is -0.242. The molecule has 0 bridgehead atoms. The topological polar surface area (TPSA) is 26.3 Å². The number of hydrogen-bond acceptors (Lipinski definition) is 3. The summed E-state index contributed by atoms with van der Waals surface area (Å²) in [4.78, 5) is 12.1. The molecule has 0 fully saturated rings. The van der Waals surface area contributed by atoms with E-state index in [0.29, 0.717) is 6.61 Å². The molecule has 1 aliphatic rings. The molecule has 1 aromatic carbocycles. The first-order chi connectivity index (χ1) is 6.79. The van der Waals surface area contributed by atoms with E-state index < -0.39 is 0 Å². The van der Waals surface area contributed by atoms with E-state index in [1.807, 2.05) is 30.5 Å². The molecule has 2 rings (SSSR count). The fourth-order valence-corrected chi connectivity index (χ4v) is 1.75. The molecule has 1 aromatic rings. The third-order valence-corrected chi connectivity index (χ3v) is 2.87. The molecule has 72 valence electrons. The van der Waals surface area contributed by atoms with E-state index in [1.54, 1.807) is 17.8 Å². The number of carbonyl (C=O) groups excluding carboxylic acids is 1. The number of cyclic esters (lactones) is 1. The van der Waals surface area contributed by atoms with Gasteiger partial charge in [0.2, 0.25) is 0 Å². The van der Waals surface area contributed by atoms with Crippen LogP contribution >= 0.6 is 11.8 Å². The Balaban J connectivity index is 2.25. The second kappa shape index (κ2) is 3.88. The standard InChI is InChI=1S/C11H10O2S/c1-14-10-4-2-8(3-5-10)9-6-11(12)13-7-9/h2-6H,7H2,1H3. The molecule has 0 saturated carbocycles. The summed E-state index contributed by atoms with van der Waals surface area (Å²) in [6.07, 6.45) is 3.59. The summed E-state index contributed by atoms with van der Waals surface area (Å²) in [5.74, 6) is -0.242. The van der Waals surface area contributed by atoms with Crippen LogP contribution < -0.4 is 0 Å². The lowest BCUT2D eigenvalue weighted by atomic mass is 10.1. The van der Waals surface area contributed by atoms with Gasteiger partial charge in [0, 0.05) is 16.5 Å². The largest absolute Gasteiger partial charge is 0.458 e. The van der Waals surface area contributed by atoms with Crippen LogP contribution in [-0.4, -0.2) is 18.8 Å². The molecule has 0 radical (unpaired) electrons. The molecule has 0 aromatic heterocycles. The fraction of sp³-hybridized carbons (Fsp3) is 0.182. The van der Waals surface area contributed by atoms with E-state index in [-0.39, 0.29) is 5.97 Å². The molecule has 0 atom stereocenters. The van der Waals surface area contributed by atoms with Crippen LogP contribution in [0.4, 0.5) is 0 Å². The molecule has 2 nitrogen and oxygen atoms in total. The van der Waals surface area contributed by atoms with Gasteiger partial charge in [-0.15, -0.1) is 11.8 Å². The maximum absolute atomic E-state index is 10.8. The SMILES string of the molecule is CSc1ccc(C2=CC(=O)OC2)cc1. The number of benzene rings is 1. The van der Waals surface area contributed by atoms with Crippen LogP contribution in [0.15, 0.2) is 35.2 Å². The summed E-state index contributed by atoms with van der Waals surface area (Å²) in [7, 11) is 0. The zero-order valence-electron chi connectivity index (χ0n) is 7.82. The summed E-state index contributed by atoms with van der Waals surface area (Å²) in [5, 5.41) is 0. The van der Waals surface area contributed by atoms with Crippen LogP contribution in [0, 0.1) is 0 Å². The van der Waals surface area contributed by atoms with Gasteiger partial charge in [0.05, 0.1) is 0 Å². The average Bonchev–Trinajstić information content (AvgIpc) is 2.65. The molecule has 0 aliphatic carbocycles. The van der Waals surface area contributed by atoms with Gasteiger partial charge in [-0.3, -0.25) is 0 Å². The van der Waals surface area contributed by atoms with Gasteiger partial charge in [-0.25, -0.2) is 4.79 Å². The van der Waals surface area contributed by atoms with Crippen molar-refractivity contribution in [2.75, 3.05) is 12.9 Å². The molecule has 0 saturated heterocycles. The van der Waals surface area contributed by atoms with Gasteiger partial charge in [-0.05, 0) is 24.0 Å². The van der Waals surface area contributed by atoms with Crippen molar-refractivity contribution in [3.63, 3.8) is 0 Å². The zero-order chi connectivity index (χ0) is 9.97. The van der Waals surface area contributed by atoms with Crippen LogP contribution in [-0.2, 0) is 9.53 Å². The monoisotopic (exact) mass is 206 g/mol. The molecule has 1 heterocycles. The first-order valence-corrected chi connectivity index (χ1v) is 5.54. The van der Waals surface area contributed by atoms with Crippen molar-refractivity contribution in [3.05, 3.63) is 35.9 Å². The molecule has 0 unspecified atom stereocenters. The Bertz CT molecular complexity index is 379. The van der Waals surface area contributed by atoms with E-state index in [4.69, 9.17) is 4.74 Å². The maximum atomic E-state index is 10.8. The van der Waals surface area contributed by atoms with Crippen molar-refractivity contribution in [2.24, 2.45) is 0 Å². The summed E-state index contributed by atoms with van der Waals surface area (Å²) >= 11 is 1.70. The second-order valence-corrected chi connectivity index (χ2v) is 3.89. The third kappa shape index (κ3) is 1.82. The van der Waals surface area contributed by atoms with Gasteiger partial charge in [0.1, 0.15) is 6.61 Å². The predicted octanol–water partition coefficient (Wildman–Crippen LogP) is 2.35. The Hall–Kier alpha value is -1.22. The summed E-state index contributed by atoms with van der Waals surface area (Å²) in [5.41, 5.74) is 2.02. The van der Waals surface area contributed by atoms with Crippen molar-refractivity contribution in [1.82, 2.24) is 0 Å². The number of carbonyl (C=O) groups is 1. The van der Waals surface area contributed by atoms with E-state index in [9.17, 15) is 4.79 Å². The van der Waals surface area contributed by atoms with Gasteiger partial charge < -0.3 is 4.74 Å². The minimum Gasteiger partial charge on any atom is -0.458 e. The van der Waals surface area contributed by atoms with Crippen LogP contribution in [0.25, 0.3) is 5.57 Å². The highest BCUT2D eigenvalue weighted by Gasteiger charge is 2.13. The van der Waals surface area contributed by atoms with Crippen molar-refractivity contribution < 1.29 is 9.53 Å². The van der Waals surface area contributed by atoms with Crippen molar-refractivity contribution in [2.45, 2.75) is 4.90 Å². The summed E-state index contributed by atoms with van der Waals surface area (Å²) in [6.45, 7) is 0.400. The average molecular weight is 206 g/mol. The fourth-order valence-electron chi connectivity index (χ4n) is 1.35. The number of rotatable bonds is 2. The summed E-state index contributed by atoms with van der Waals surface area (Å²) in [6, 6.07) is 8.12. The normalized spacial score (nSPS) is 15.2. The molecular formula is C11H10O2S. The molecule has 1 aliphatic heterocycles. The van der Waals surface area contributed by atoms with Gasteiger partial charge >= 0.3 is 5.97 Å². The van der Waals surface area contributed by atoms with Gasteiger partial charge in [0.25, 0.3) is 0 Å². The number of ether oxygens (including phenoxy) is 1. The minimum absolute atomic E-state index is 0.242. The van der Waals surface area contributed by atoms with Crippen LogP contribution in [0.1, 0.15) is 5.56 Å². The molecule has 14 heavy (non-hydrogen) atoms. The lowest BCUT2D eigenvalue weighted by Gasteiger charge is -2.01. The summed E-state index contributed by atoms with van der Waals surface area (Å²) < 4.78 is 4.84. The number of esters is 1. The maximum Gasteiger partial charge on any atom is 0.331 e. The lowest BCUT2D eigenvalue weighted by Crippen LogP contribution is -1.91. The van der Waals surface area contributed by atoms with Crippen LogP contribution in [0.2, 0.25) is 0 Å². The Morgan fingerprint density at radius 3 is 2.50 bits per heavy atom. The Labute approximate surface area is 87.0 Å². The van der Waals surface area contributed by atoms with Crippen molar-refractivity contribution >= 4 is 23.3 Å². The highest BCUT2D eigenvalue weighted by molar-refractivity contribution is 7.98. The van der Waals surface area contributed by atoms with E-state index in [0.717, 1.165) is 11.1 Å². The van der Waals surface area contributed by atoms with Gasteiger partial charge in [0.15, 0.2) is 0 Å². The van der Waals surface area contributed by atoms with E-state index >= 15 is 0 Å². The van der Waals surface area contributed by atoms with Gasteiger partial charge in [-0.2, -0.15) is 0 Å². The number of hydrogen-bond donors (Lipinski definition) is 0. The Morgan fingerprint density at radius 2 is 2.00 bits per heavy atom. The van der Waals surface area contributed by atoms with Crippen molar-refractivity contribution in [3.8, 4) is 0 Å². The van der Waals surface area contributed by atoms with Crippen LogP contribution in [0.3, 0.4) is 0 Å². The molecule has 0 amide bonds. The first-order valence-electron chi connectivity index (χ1n) is 4.31. The lowest BCUT2D eigenvalue weighted by molar-refractivity contribution is -0.134. The molecule has 0 N–H and O–H groups in total. The molecule has 0 spiro atoms.